The van der Waals surface area contributed by atoms with Gasteiger partial charge in [-0.1, -0.05) is 26.7 Å². The van der Waals surface area contributed by atoms with Gasteiger partial charge < -0.3 is 31.3 Å². The summed E-state index contributed by atoms with van der Waals surface area (Å²) >= 11 is 0. The first kappa shape index (κ1) is 30.2. The number of hydrogen-bond donors (Lipinski definition) is 4. The van der Waals surface area contributed by atoms with Crippen LogP contribution in [0.5, 0.6) is 5.75 Å². The molecular formula is C30H36F3N5O6. The Hall–Kier alpha value is -3.84. The van der Waals surface area contributed by atoms with Crippen LogP contribution in [-0.2, 0) is 24.0 Å². The van der Waals surface area contributed by atoms with Crippen LogP contribution in [0, 0.1) is 34.9 Å². The number of anilines is 1. The average molecular weight is 620 g/mol. The number of benzene rings is 1. The van der Waals surface area contributed by atoms with Gasteiger partial charge in [0, 0.05) is 37.8 Å². The maximum Gasteiger partial charge on any atom is 0.265 e. The van der Waals surface area contributed by atoms with Gasteiger partial charge in [0.05, 0.1) is 5.69 Å². The summed E-state index contributed by atoms with van der Waals surface area (Å²) in [6.07, 6.45) is -0.604. The predicted octanol–water partition coefficient (Wildman–Crippen LogP) is 1.70. The van der Waals surface area contributed by atoms with Crippen LogP contribution in [0.15, 0.2) is 18.2 Å². The number of alkyl halides is 2. The van der Waals surface area contributed by atoms with E-state index in [-0.39, 0.29) is 47.6 Å². The summed E-state index contributed by atoms with van der Waals surface area (Å²) in [5.41, 5.74) is 5.59. The van der Waals surface area contributed by atoms with Crippen LogP contribution >= 0.6 is 0 Å². The highest BCUT2D eigenvalue weighted by Gasteiger charge is 2.69. The molecule has 0 aromatic heterocycles. The molecule has 0 radical (unpaired) electrons. The van der Waals surface area contributed by atoms with Crippen molar-refractivity contribution in [1.29, 1.82) is 0 Å². The third kappa shape index (κ3) is 5.70. The maximum absolute atomic E-state index is 13.9. The fourth-order valence-electron chi connectivity index (χ4n) is 7.05. The lowest BCUT2D eigenvalue weighted by Crippen LogP contribution is -2.59. The van der Waals surface area contributed by atoms with E-state index in [1.54, 1.807) is 0 Å². The molecule has 1 aromatic rings. The van der Waals surface area contributed by atoms with Crippen molar-refractivity contribution >= 4 is 35.2 Å². The summed E-state index contributed by atoms with van der Waals surface area (Å²) in [4.78, 5) is 67.0. The third-order valence-electron chi connectivity index (χ3n) is 9.97. The summed E-state index contributed by atoms with van der Waals surface area (Å²) in [6.45, 7) is 4.21. The summed E-state index contributed by atoms with van der Waals surface area (Å²) in [5.74, 6) is -7.54. The fourth-order valence-corrected chi connectivity index (χ4v) is 7.05. The second-order valence-electron chi connectivity index (χ2n) is 13.5. The molecule has 1 saturated heterocycles. The zero-order chi connectivity index (χ0) is 31.7. The van der Waals surface area contributed by atoms with Crippen molar-refractivity contribution < 1.29 is 41.9 Å². The minimum absolute atomic E-state index is 0.00400. The molecule has 2 heterocycles. The van der Waals surface area contributed by atoms with E-state index in [0.717, 1.165) is 25.0 Å². The van der Waals surface area contributed by atoms with Gasteiger partial charge in [-0.15, -0.1) is 0 Å². The van der Waals surface area contributed by atoms with Gasteiger partial charge in [-0.2, -0.15) is 0 Å². The van der Waals surface area contributed by atoms with Crippen LogP contribution in [-0.4, -0.2) is 71.1 Å². The summed E-state index contributed by atoms with van der Waals surface area (Å²) in [6, 6.07) is 0.284. The average Bonchev–Trinajstić information content (AvgIpc) is 3.78. The van der Waals surface area contributed by atoms with E-state index < -0.39 is 84.3 Å². The van der Waals surface area contributed by atoms with Crippen LogP contribution in [0.4, 0.5) is 18.9 Å². The van der Waals surface area contributed by atoms with Gasteiger partial charge in [-0.05, 0) is 41.7 Å². The smallest absolute Gasteiger partial charge is 0.265 e. The van der Waals surface area contributed by atoms with Gasteiger partial charge >= 0.3 is 0 Å². The second-order valence-corrected chi connectivity index (χ2v) is 13.5. The van der Waals surface area contributed by atoms with Crippen LogP contribution in [0.25, 0.3) is 0 Å². The zero-order valence-electron chi connectivity index (χ0n) is 24.4. The highest BCUT2D eigenvalue weighted by atomic mass is 19.3. The van der Waals surface area contributed by atoms with E-state index in [1.165, 1.54) is 11.0 Å². The zero-order valence-corrected chi connectivity index (χ0v) is 24.4. The molecule has 1 aromatic carbocycles. The number of primary amides is 1. The predicted molar refractivity (Wildman–Crippen MR) is 148 cm³/mol. The number of likely N-dealkylation sites (tertiary alicyclic amines) is 1. The maximum atomic E-state index is 13.9. The van der Waals surface area contributed by atoms with Gasteiger partial charge in [0.1, 0.15) is 29.7 Å². The van der Waals surface area contributed by atoms with Gasteiger partial charge in [0.15, 0.2) is 6.10 Å². The molecule has 5 amide bonds. The molecule has 3 aliphatic carbocycles. The van der Waals surface area contributed by atoms with E-state index in [1.807, 2.05) is 13.8 Å². The first-order chi connectivity index (χ1) is 20.6. The van der Waals surface area contributed by atoms with Gasteiger partial charge in [-0.25, -0.2) is 13.2 Å². The first-order valence-corrected chi connectivity index (χ1v) is 15.0. The molecule has 2 aliphatic heterocycles. The molecule has 6 atom stereocenters. The van der Waals surface area contributed by atoms with Crippen LogP contribution in [0.2, 0.25) is 0 Å². The molecule has 4 fully saturated rings. The number of fused-ring (bicyclic) bond motifs is 2. The Morgan fingerprint density at radius 2 is 1.77 bits per heavy atom. The lowest BCUT2D eigenvalue weighted by Gasteiger charge is -2.36. The number of nitrogens with zero attached hydrogens (tertiary/aromatic N) is 1. The molecule has 6 rings (SSSR count). The highest BCUT2D eigenvalue weighted by molar-refractivity contribution is 5.99. The minimum atomic E-state index is -2.89. The lowest BCUT2D eigenvalue weighted by molar-refractivity contribution is -0.153. The molecule has 3 saturated carbocycles. The molecule has 2 unspecified atom stereocenters. The Labute approximate surface area is 251 Å². The number of halogens is 3. The second kappa shape index (κ2) is 10.7. The lowest BCUT2D eigenvalue weighted by atomic mass is 9.80. The minimum Gasteiger partial charge on any atom is -0.478 e. The number of ether oxygens (including phenoxy) is 1. The number of amides is 5. The monoisotopic (exact) mass is 619 g/mol. The van der Waals surface area contributed by atoms with Crippen molar-refractivity contribution in [3.63, 3.8) is 0 Å². The SMILES string of the molecule is CC1(C)[C@@H]2[C@@H](C(=O)NC(C[C@@H]3Oc4cc(F)ccc4NC3=O)C(N)=O)N(C(=O)C(CC3CC3)NC(=O)C3CC(F)(F)C3)C[C@@H]21. The normalized spacial score (nSPS) is 29.1. The molecule has 0 bridgehead atoms. The Balaban J connectivity index is 1.16. The molecule has 11 nitrogen and oxygen atoms in total. The Morgan fingerprint density at radius 1 is 1.09 bits per heavy atom. The fraction of sp³-hybridized carbons (Fsp3) is 0.633. The summed E-state index contributed by atoms with van der Waals surface area (Å²) in [5, 5.41) is 7.88. The topological polar surface area (TPSA) is 160 Å². The quantitative estimate of drug-likeness (QED) is 0.312. The highest BCUT2D eigenvalue weighted by Crippen LogP contribution is 2.65. The molecular weight excluding hydrogens is 583 g/mol. The van der Waals surface area contributed by atoms with Crippen molar-refractivity contribution in [3.8, 4) is 5.75 Å². The first-order valence-electron chi connectivity index (χ1n) is 15.0. The van der Waals surface area contributed by atoms with Crippen LogP contribution in [0.3, 0.4) is 0 Å². The standard InChI is InChI=1S/C30H36F3N5O6/c1-29(2)16-12-38(28(43)19(7-13-3-4-13)37-25(40)14-10-30(32,33)11-14)23(22(16)29)27(42)36-18(24(34)39)9-21-26(41)35-17-6-5-15(31)8-20(17)44-21/h5-6,8,13-14,16,18-19,21-23H,3-4,7,9-12H2,1-2H3,(H2,34,39)(H,35,41)(H,36,42)(H,37,40)/t16-,18?,19?,21-,22-,23-/m0/s1. The van der Waals surface area contributed by atoms with Crippen molar-refractivity contribution in [3.05, 3.63) is 24.0 Å². The van der Waals surface area contributed by atoms with Crippen LogP contribution < -0.4 is 26.4 Å². The van der Waals surface area contributed by atoms with E-state index in [4.69, 9.17) is 10.5 Å². The van der Waals surface area contributed by atoms with E-state index in [0.29, 0.717) is 6.42 Å². The Morgan fingerprint density at radius 3 is 2.41 bits per heavy atom. The molecule has 5 aliphatic rings. The largest absolute Gasteiger partial charge is 0.478 e. The van der Waals surface area contributed by atoms with Crippen molar-refractivity contribution in [2.75, 3.05) is 11.9 Å². The summed E-state index contributed by atoms with van der Waals surface area (Å²) < 4.78 is 46.2. The van der Waals surface area contributed by atoms with E-state index in [2.05, 4.69) is 16.0 Å². The van der Waals surface area contributed by atoms with Crippen molar-refractivity contribution in [2.24, 2.45) is 34.8 Å². The number of piperidine rings is 1. The van der Waals surface area contributed by atoms with E-state index >= 15 is 0 Å². The molecule has 0 spiro atoms. The van der Waals surface area contributed by atoms with Crippen LogP contribution in [0.1, 0.15) is 52.4 Å². The number of hydrogen-bond acceptors (Lipinski definition) is 6. The Kier molecular flexibility index (Phi) is 7.31. The van der Waals surface area contributed by atoms with Gasteiger partial charge in [0.2, 0.25) is 29.6 Å². The van der Waals surface area contributed by atoms with Gasteiger partial charge in [0.25, 0.3) is 5.91 Å². The number of nitrogens with one attached hydrogen (secondary N) is 3. The third-order valence-corrected chi connectivity index (χ3v) is 9.97. The molecule has 14 heteroatoms. The Bertz CT molecular complexity index is 1410. The van der Waals surface area contributed by atoms with E-state index in [9.17, 15) is 37.1 Å². The molecule has 44 heavy (non-hydrogen) atoms. The van der Waals surface area contributed by atoms with Crippen molar-refractivity contribution in [1.82, 2.24) is 15.5 Å². The van der Waals surface area contributed by atoms with Crippen molar-refractivity contribution in [2.45, 2.75) is 82.5 Å². The summed E-state index contributed by atoms with van der Waals surface area (Å²) in [7, 11) is 0. The number of rotatable bonds is 10. The number of carbonyl (C=O) groups excluding carboxylic acids is 5. The molecule has 238 valence electrons. The number of nitrogens with two attached hydrogens (primary N) is 1. The van der Waals surface area contributed by atoms with Gasteiger partial charge in [-0.3, -0.25) is 24.0 Å². The molecule has 5 N–H and O–H groups in total. The number of carbonyl (C=O) groups is 5.